The number of likely N-dealkylation sites (N-methyl/N-ethyl adjacent to an activating group) is 1. The number of halogens is 1. The Hall–Kier alpha value is 0.0600. The number of hydrogen-bond acceptors (Lipinski definition) is 4. The van der Waals surface area contributed by atoms with Crippen LogP contribution in [0.3, 0.4) is 0 Å². The van der Waals surface area contributed by atoms with Crippen LogP contribution in [0.25, 0.3) is 0 Å². The van der Waals surface area contributed by atoms with Gasteiger partial charge < -0.3 is 16.0 Å². The first-order chi connectivity index (χ1) is 7.16. The zero-order chi connectivity index (χ0) is 10.8. The second-order valence-corrected chi connectivity index (χ2v) is 5.87. The Labute approximate surface area is 103 Å². The Balaban J connectivity index is 2.03. The summed E-state index contributed by atoms with van der Waals surface area (Å²) in [5.41, 5.74) is 6.25. The van der Waals surface area contributed by atoms with E-state index in [2.05, 4.69) is 44.6 Å². The third-order valence-electron chi connectivity index (χ3n) is 2.76. The minimum Gasteiger partial charge on any atom is -0.322 e. The van der Waals surface area contributed by atoms with Crippen LogP contribution in [0.15, 0.2) is 15.9 Å². The molecule has 0 bridgehead atoms. The molecule has 1 aromatic rings. The van der Waals surface area contributed by atoms with Crippen LogP contribution in [-0.4, -0.2) is 37.6 Å². The van der Waals surface area contributed by atoms with Crippen LogP contribution in [0.2, 0.25) is 0 Å². The number of rotatable bonds is 2. The lowest BCUT2D eigenvalue weighted by Gasteiger charge is -2.34. The van der Waals surface area contributed by atoms with Crippen LogP contribution < -0.4 is 11.1 Å². The van der Waals surface area contributed by atoms with Gasteiger partial charge in [0, 0.05) is 40.4 Å². The lowest BCUT2D eigenvalue weighted by Crippen LogP contribution is -2.53. The van der Waals surface area contributed by atoms with Gasteiger partial charge in [0.15, 0.2) is 0 Å². The highest BCUT2D eigenvalue weighted by Crippen LogP contribution is 2.26. The van der Waals surface area contributed by atoms with Gasteiger partial charge in [-0.1, -0.05) is 0 Å². The lowest BCUT2D eigenvalue weighted by molar-refractivity contribution is 0.221. The molecular formula is C10H16BrN3S. The average molecular weight is 290 g/mol. The summed E-state index contributed by atoms with van der Waals surface area (Å²) in [6.45, 7) is 3.16. The maximum atomic E-state index is 6.25. The van der Waals surface area contributed by atoms with Crippen LogP contribution in [0.5, 0.6) is 0 Å². The van der Waals surface area contributed by atoms with E-state index in [0.717, 1.165) is 24.1 Å². The molecule has 3 nitrogen and oxygen atoms in total. The van der Waals surface area contributed by atoms with Crippen molar-refractivity contribution in [3.8, 4) is 0 Å². The number of nitrogens with one attached hydrogen (secondary N) is 1. The van der Waals surface area contributed by atoms with E-state index in [1.807, 2.05) is 0 Å². The van der Waals surface area contributed by atoms with Gasteiger partial charge in [-0.05, 0) is 29.0 Å². The Kier molecular flexibility index (Phi) is 3.79. The molecule has 0 amide bonds. The Morgan fingerprint density at radius 2 is 2.53 bits per heavy atom. The van der Waals surface area contributed by atoms with Crippen molar-refractivity contribution in [1.29, 1.82) is 0 Å². The molecule has 1 aliphatic rings. The van der Waals surface area contributed by atoms with Crippen molar-refractivity contribution in [3.05, 3.63) is 20.8 Å². The van der Waals surface area contributed by atoms with Gasteiger partial charge in [-0.2, -0.15) is 0 Å². The van der Waals surface area contributed by atoms with Crippen molar-refractivity contribution in [3.63, 3.8) is 0 Å². The van der Waals surface area contributed by atoms with Crippen LogP contribution in [0, 0.1) is 0 Å². The smallest absolute Gasteiger partial charge is 0.0558 e. The van der Waals surface area contributed by atoms with Crippen molar-refractivity contribution in [1.82, 2.24) is 10.2 Å². The van der Waals surface area contributed by atoms with Gasteiger partial charge in [0.25, 0.3) is 0 Å². The summed E-state index contributed by atoms with van der Waals surface area (Å²) in [7, 11) is 2.14. The van der Waals surface area contributed by atoms with E-state index in [0.29, 0.717) is 6.04 Å². The van der Waals surface area contributed by atoms with Gasteiger partial charge in [0.1, 0.15) is 0 Å². The molecule has 2 heterocycles. The molecule has 1 aliphatic heterocycles. The number of hydrogen-bond donors (Lipinski definition) is 2. The second-order valence-electron chi connectivity index (χ2n) is 4.02. The Morgan fingerprint density at radius 3 is 3.13 bits per heavy atom. The summed E-state index contributed by atoms with van der Waals surface area (Å²) in [5.74, 6) is 0. The van der Waals surface area contributed by atoms with Crippen LogP contribution in [-0.2, 0) is 0 Å². The molecule has 1 aromatic heterocycles. The van der Waals surface area contributed by atoms with Crippen molar-refractivity contribution < 1.29 is 0 Å². The van der Waals surface area contributed by atoms with E-state index in [1.165, 1.54) is 4.88 Å². The van der Waals surface area contributed by atoms with Gasteiger partial charge >= 0.3 is 0 Å². The molecule has 0 saturated carbocycles. The maximum Gasteiger partial charge on any atom is 0.0558 e. The zero-order valence-electron chi connectivity index (χ0n) is 8.74. The minimum atomic E-state index is 0.101. The van der Waals surface area contributed by atoms with E-state index in [-0.39, 0.29) is 6.04 Å². The molecular weight excluding hydrogens is 274 g/mol. The van der Waals surface area contributed by atoms with E-state index < -0.39 is 0 Å². The van der Waals surface area contributed by atoms with Gasteiger partial charge in [-0.3, -0.25) is 0 Å². The molecule has 3 N–H and O–H groups in total. The first-order valence-electron chi connectivity index (χ1n) is 5.08. The first-order valence-corrected chi connectivity index (χ1v) is 6.75. The third kappa shape index (κ3) is 2.79. The lowest BCUT2D eigenvalue weighted by atomic mass is 10.1. The van der Waals surface area contributed by atoms with E-state index in [9.17, 15) is 0 Å². The predicted molar refractivity (Wildman–Crippen MR) is 68.2 cm³/mol. The van der Waals surface area contributed by atoms with Gasteiger partial charge in [-0.25, -0.2) is 0 Å². The summed E-state index contributed by atoms with van der Waals surface area (Å²) in [5, 5.41) is 5.57. The van der Waals surface area contributed by atoms with Crippen LogP contribution in [0.1, 0.15) is 10.9 Å². The topological polar surface area (TPSA) is 41.3 Å². The highest BCUT2D eigenvalue weighted by Gasteiger charge is 2.24. The molecule has 0 aliphatic carbocycles. The van der Waals surface area contributed by atoms with E-state index in [1.54, 1.807) is 11.3 Å². The average Bonchev–Trinajstić information content (AvgIpc) is 2.64. The summed E-state index contributed by atoms with van der Waals surface area (Å²) in [6, 6.07) is 2.59. The second kappa shape index (κ2) is 4.93. The fourth-order valence-electron chi connectivity index (χ4n) is 1.87. The standard InChI is InChI=1S/C10H16BrN3S/c1-14-3-2-13-8(5-14)10(12)9-4-7(11)6-15-9/h4,6,8,10,13H,2-3,5,12H2,1H3. The number of nitrogens with two attached hydrogens (primary N) is 1. The van der Waals surface area contributed by atoms with Crippen molar-refractivity contribution >= 4 is 27.3 Å². The minimum absolute atomic E-state index is 0.101. The van der Waals surface area contributed by atoms with Crippen molar-refractivity contribution in [2.45, 2.75) is 12.1 Å². The quantitative estimate of drug-likeness (QED) is 0.865. The summed E-state index contributed by atoms with van der Waals surface area (Å²) >= 11 is 5.18. The zero-order valence-corrected chi connectivity index (χ0v) is 11.1. The van der Waals surface area contributed by atoms with Crippen LogP contribution in [0.4, 0.5) is 0 Å². The summed E-state index contributed by atoms with van der Waals surface area (Å²) in [6.07, 6.45) is 0. The van der Waals surface area contributed by atoms with Crippen molar-refractivity contribution in [2.24, 2.45) is 5.73 Å². The van der Waals surface area contributed by atoms with Crippen molar-refractivity contribution in [2.75, 3.05) is 26.7 Å². The third-order valence-corrected chi connectivity index (χ3v) is 4.55. The monoisotopic (exact) mass is 289 g/mol. The molecule has 2 atom stereocenters. The fourth-order valence-corrected chi connectivity index (χ4v) is 3.39. The molecule has 0 aromatic carbocycles. The molecule has 84 valence electrons. The fraction of sp³-hybridized carbons (Fsp3) is 0.600. The molecule has 5 heteroatoms. The molecule has 0 radical (unpaired) electrons. The highest BCUT2D eigenvalue weighted by atomic mass is 79.9. The Morgan fingerprint density at radius 1 is 1.73 bits per heavy atom. The molecule has 2 rings (SSSR count). The molecule has 2 unspecified atom stereocenters. The number of piperazine rings is 1. The number of nitrogens with zero attached hydrogens (tertiary/aromatic N) is 1. The molecule has 1 saturated heterocycles. The van der Waals surface area contributed by atoms with Gasteiger partial charge in [0.2, 0.25) is 0 Å². The molecule has 1 fully saturated rings. The summed E-state index contributed by atoms with van der Waals surface area (Å²) < 4.78 is 1.13. The normalized spacial score (nSPS) is 25.4. The van der Waals surface area contributed by atoms with Gasteiger partial charge in [0.05, 0.1) is 6.04 Å². The molecule has 15 heavy (non-hydrogen) atoms. The van der Waals surface area contributed by atoms with Crippen LogP contribution >= 0.6 is 27.3 Å². The van der Waals surface area contributed by atoms with Gasteiger partial charge in [-0.15, -0.1) is 11.3 Å². The first kappa shape index (κ1) is 11.5. The SMILES string of the molecule is CN1CCNC(C(N)c2cc(Br)cs2)C1. The van der Waals surface area contributed by atoms with E-state index in [4.69, 9.17) is 5.73 Å². The highest BCUT2D eigenvalue weighted by molar-refractivity contribution is 9.10. The number of thiophene rings is 1. The van der Waals surface area contributed by atoms with E-state index >= 15 is 0 Å². The largest absolute Gasteiger partial charge is 0.322 e. The summed E-state index contributed by atoms with van der Waals surface area (Å²) in [4.78, 5) is 3.57. The predicted octanol–water partition coefficient (Wildman–Crippen LogP) is 1.41. The molecule has 0 spiro atoms. The Bertz CT molecular complexity index is 328. The maximum absolute atomic E-state index is 6.25.